The minimum absolute atomic E-state index is 0.282. The van der Waals surface area contributed by atoms with Gasteiger partial charge in [0.25, 0.3) is 5.56 Å². The Kier molecular flexibility index (Phi) is 4.85. The van der Waals surface area contributed by atoms with E-state index in [2.05, 4.69) is 15.0 Å². The van der Waals surface area contributed by atoms with Crippen molar-refractivity contribution >= 4 is 16.9 Å². The fourth-order valence-corrected chi connectivity index (χ4v) is 2.89. The van der Waals surface area contributed by atoms with E-state index in [0.29, 0.717) is 41.1 Å². The fourth-order valence-electron chi connectivity index (χ4n) is 2.89. The summed E-state index contributed by atoms with van der Waals surface area (Å²) in [7, 11) is 3.24. The maximum absolute atomic E-state index is 12.5. The van der Waals surface area contributed by atoms with E-state index in [1.807, 2.05) is 31.0 Å². The van der Waals surface area contributed by atoms with Crippen LogP contribution in [0.25, 0.3) is 10.9 Å². The van der Waals surface area contributed by atoms with Crippen LogP contribution < -0.4 is 5.56 Å². The lowest BCUT2D eigenvalue weighted by atomic mass is 10.1. The predicted molar refractivity (Wildman–Crippen MR) is 94.8 cm³/mol. The van der Waals surface area contributed by atoms with Crippen molar-refractivity contribution in [2.24, 2.45) is 0 Å². The first-order chi connectivity index (χ1) is 12.4. The molecule has 0 unspecified atom stereocenters. The molecule has 0 aliphatic heterocycles. The van der Waals surface area contributed by atoms with Gasteiger partial charge in [-0.2, -0.15) is 5.10 Å². The molecular formula is C18H20N4O4. The first-order valence-electron chi connectivity index (χ1n) is 8.10. The van der Waals surface area contributed by atoms with Crippen molar-refractivity contribution in [3.8, 4) is 0 Å². The molecule has 0 aliphatic carbocycles. The number of esters is 1. The Labute approximate surface area is 150 Å². The highest BCUT2D eigenvalue weighted by atomic mass is 16.5. The summed E-state index contributed by atoms with van der Waals surface area (Å²) in [5.41, 5.74) is 2.22. The molecule has 2 aromatic heterocycles. The van der Waals surface area contributed by atoms with Gasteiger partial charge in [-0.1, -0.05) is 17.3 Å². The molecule has 0 atom stereocenters. The van der Waals surface area contributed by atoms with Crippen molar-refractivity contribution < 1.29 is 14.1 Å². The molecule has 3 rings (SSSR count). The molecule has 3 aromatic rings. The van der Waals surface area contributed by atoms with Crippen LogP contribution in [0.5, 0.6) is 0 Å². The summed E-state index contributed by atoms with van der Waals surface area (Å²) < 4.78 is 11.2. The van der Waals surface area contributed by atoms with E-state index in [4.69, 9.17) is 4.52 Å². The van der Waals surface area contributed by atoms with Crippen LogP contribution >= 0.6 is 0 Å². The normalized spacial score (nSPS) is 11.3. The molecule has 136 valence electrons. The van der Waals surface area contributed by atoms with Crippen LogP contribution in [0.2, 0.25) is 0 Å². The number of fused-ring (bicyclic) bond motifs is 1. The molecule has 26 heavy (non-hydrogen) atoms. The van der Waals surface area contributed by atoms with Crippen LogP contribution in [0.3, 0.4) is 0 Å². The zero-order valence-electron chi connectivity index (χ0n) is 15.1. The Morgan fingerprint density at radius 3 is 2.62 bits per heavy atom. The largest absolute Gasteiger partial charge is 0.465 e. The Hall–Kier alpha value is -3.00. The van der Waals surface area contributed by atoms with Crippen molar-refractivity contribution in [1.29, 1.82) is 0 Å². The molecule has 0 radical (unpaired) electrons. The maximum Gasteiger partial charge on any atom is 0.337 e. The molecular weight excluding hydrogens is 336 g/mol. The van der Waals surface area contributed by atoms with E-state index in [1.54, 1.807) is 19.1 Å². The molecule has 2 heterocycles. The molecule has 0 bridgehead atoms. The number of benzene rings is 1. The molecule has 0 saturated carbocycles. The van der Waals surface area contributed by atoms with Crippen LogP contribution in [0.4, 0.5) is 0 Å². The van der Waals surface area contributed by atoms with E-state index >= 15 is 0 Å². The van der Waals surface area contributed by atoms with Crippen LogP contribution in [0, 0.1) is 13.8 Å². The molecule has 0 aliphatic rings. The smallest absolute Gasteiger partial charge is 0.337 e. The number of methoxy groups -OCH3 is 1. The van der Waals surface area contributed by atoms with Gasteiger partial charge in [0, 0.05) is 6.54 Å². The van der Waals surface area contributed by atoms with Gasteiger partial charge in [0.05, 0.1) is 30.4 Å². The predicted octanol–water partition coefficient (Wildman–Crippen LogP) is 1.88. The monoisotopic (exact) mass is 356 g/mol. The van der Waals surface area contributed by atoms with Gasteiger partial charge in [-0.25, -0.2) is 9.48 Å². The van der Waals surface area contributed by atoms with E-state index < -0.39 is 0 Å². The average Bonchev–Trinajstić information content (AvgIpc) is 3.02. The standard InChI is InChI=1S/C18H20N4O4/c1-11-15-12(2)26-20-16(15)17(23)22(19-11)10-21(3)9-13-5-7-14(8-6-13)18(24)25-4/h5-8H,9-10H2,1-4H3. The minimum Gasteiger partial charge on any atom is -0.465 e. The Bertz CT molecular complexity index is 1000. The van der Waals surface area contributed by atoms with Crippen molar-refractivity contribution in [3.63, 3.8) is 0 Å². The Balaban J connectivity index is 1.77. The second-order valence-corrected chi connectivity index (χ2v) is 6.20. The summed E-state index contributed by atoms with van der Waals surface area (Å²) in [6.45, 7) is 4.48. The molecule has 8 heteroatoms. The van der Waals surface area contributed by atoms with Crippen LogP contribution in [-0.2, 0) is 18.0 Å². The number of nitrogens with zero attached hydrogens (tertiary/aromatic N) is 4. The maximum atomic E-state index is 12.5. The highest BCUT2D eigenvalue weighted by Crippen LogP contribution is 2.16. The Morgan fingerprint density at radius 1 is 1.27 bits per heavy atom. The second-order valence-electron chi connectivity index (χ2n) is 6.20. The molecule has 0 N–H and O–H groups in total. The Morgan fingerprint density at radius 2 is 1.96 bits per heavy atom. The van der Waals surface area contributed by atoms with E-state index in [9.17, 15) is 9.59 Å². The number of rotatable bonds is 5. The molecule has 8 nitrogen and oxygen atoms in total. The number of aromatic nitrogens is 3. The third kappa shape index (κ3) is 3.36. The van der Waals surface area contributed by atoms with Crippen LogP contribution in [-0.4, -0.2) is 40.0 Å². The summed E-state index contributed by atoms with van der Waals surface area (Å²) in [6, 6.07) is 7.14. The molecule has 0 amide bonds. The lowest BCUT2D eigenvalue weighted by Gasteiger charge is -2.17. The molecule has 0 spiro atoms. The fraction of sp³-hybridized carbons (Fsp3) is 0.333. The van der Waals surface area contributed by atoms with Crippen molar-refractivity contribution in [2.75, 3.05) is 14.2 Å². The third-order valence-electron chi connectivity index (χ3n) is 4.14. The number of carbonyl (C=O) groups is 1. The summed E-state index contributed by atoms with van der Waals surface area (Å²) in [5.74, 6) is 0.223. The highest BCUT2D eigenvalue weighted by Gasteiger charge is 2.16. The molecule has 0 fully saturated rings. The quantitative estimate of drug-likeness (QED) is 0.645. The first kappa shape index (κ1) is 17.8. The number of hydrogen-bond acceptors (Lipinski definition) is 7. The van der Waals surface area contributed by atoms with Crippen molar-refractivity contribution in [1.82, 2.24) is 19.8 Å². The van der Waals surface area contributed by atoms with E-state index in [1.165, 1.54) is 11.8 Å². The van der Waals surface area contributed by atoms with Gasteiger partial charge in [-0.3, -0.25) is 9.69 Å². The summed E-state index contributed by atoms with van der Waals surface area (Å²) in [5, 5.41) is 8.89. The topological polar surface area (TPSA) is 90.5 Å². The summed E-state index contributed by atoms with van der Waals surface area (Å²) >= 11 is 0. The highest BCUT2D eigenvalue weighted by molar-refractivity contribution is 5.89. The van der Waals surface area contributed by atoms with Gasteiger partial charge in [-0.15, -0.1) is 0 Å². The molecule has 0 saturated heterocycles. The summed E-state index contributed by atoms with van der Waals surface area (Å²) in [4.78, 5) is 26.0. The van der Waals surface area contributed by atoms with Gasteiger partial charge in [0.1, 0.15) is 5.76 Å². The van der Waals surface area contributed by atoms with Crippen molar-refractivity contribution in [2.45, 2.75) is 27.1 Å². The van der Waals surface area contributed by atoms with Gasteiger partial charge >= 0.3 is 5.97 Å². The zero-order chi connectivity index (χ0) is 18.8. The van der Waals surface area contributed by atoms with Gasteiger partial charge in [0.15, 0.2) is 5.52 Å². The van der Waals surface area contributed by atoms with E-state index in [0.717, 1.165) is 5.56 Å². The second kappa shape index (κ2) is 7.09. The van der Waals surface area contributed by atoms with Crippen LogP contribution in [0.15, 0.2) is 33.6 Å². The van der Waals surface area contributed by atoms with Crippen LogP contribution in [0.1, 0.15) is 27.4 Å². The number of ether oxygens (including phenoxy) is 1. The average molecular weight is 356 g/mol. The number of carbonyl (C=O) groups excluding carboxylic acids is 1. The van der Waals surface area contributed by atoms with E-state index in [-0.39, 0.29) is 11.5 Å². The number of hydrogen-bond donors (Lipinski definition) is 0. The summed E-state index contributed by atoms with van der Waals surface area (Å²) in [6.07, 6.45) is 0. The van der Waals surface area contributed by atoms with Crippen molar-refractivity contribution in [3.05, 3.63) is 57.2 Å². The van der Waals surface area contributed by atoms with Gasteiger partial charge in [-0.05, 0) is 38.6 Å². The zero-order valence-corrected chi connectivity index (χ0v) is 15.1. The van der Waals surface area contributed by atoms with Gasteiger partial charge in [0.2, 0.25) is 0 Å². The SMILES string of the molecule is COC(=O)c1ccc(CN(C)Cn2nc(C)c3c(C)onc3c2=O)cc1. The van der Waals surface area contributed by atoms with Gasteiger partial charge < -0.3 is 9.26 Å². The lowest BCUT2D eigenvalue weighted by Crippen LogP contribution is -2.32. The third-order valence-corrected chi connectivity index (χ3v) is 4.14. The first-order valence-corrected chi connectivity index (χ1v) is 8.10. The lowest BCUT2D eigenvalue weighted by molar-refractivity contribution is 0.0600. The molecule has 1 aromatic carbocycles. The minimum atomic E-state index is -0.368. The number of aryl methyl sites for hydroxylation is 2.